The minimum Gasteiger partial charge on any atom is -0.492 e. The van der Waals surface area contributed by atoms with Crippen LogP contribution in [0.4, 0.5) is 13.2 Å². The highest BCUT2D eigenvalue weighted by Gasteiger charge is 2.38. The number of ketones is 1. The average Bonchev–Trinajstić information content (AvgIpc) is 2.25. The molecule has 0 heterocycles. The van der Waals surface area contributed by atoms with E-state index in [0.29, 0.717) is 5.56 Å². The Morgan fingerprint density at radius 3 is 2.65 bits per heavy atom. The number of carbonyl (C=O) groups excluding carboxylic acids is 1. The van der Waals surface area contributed by atoms with E-state index in [1.807, 2.05) is 0 Å². The van der Waals surface area contributed by atoms with E-state index in [9.17, 15) is 18.0 Å². The van der Waals surface area contributed by atoms with Crippen molar-refractivity contribution in [3.63, 3.8) is 0 Å². The van der Waals surface area contributed by atoms with Crippen molar-refractivity contribution in [2.75, 3.05) is 6.61 Å². The number of benzene rings is 1. The number of ether oxygens (including phenoxy) is 1. The SMILES string of the molecule is CC(=O)c1cccc(OCC(Br)C(F)(F)F)c1. The third-order valence-corrected chi connectivity index (χ3v) is 2.78. The van der Waals surface area contributed by atoms with Crippen LogP contribution in [-0.4, -0.2) is 23.4 Å². The summed E-state index contributed by atoms with van der Waals surface area (Å²) in [5, 5.41) is 0. The molecule has 1 aromatic carbocycles. The van der Waals surface area contributed by atoms with Crippen LogP contribution < -0.4 is 4.74 Å². The molecule has 0 spiro atoms. The van der Waals surface area contributed by atoms with Crippen molar-refractivity contribution in [2.45, 2.75) is 17.9 Å². The third-order valence-electron chi connectivity index (χ3n) is 1.99. The van der Waals surface area contributed by atoms with E-state index in [4.69, 9.17) is 4.74 Å². The highest BCUT2D eigenvalue weighted by atomic mass is 79.9. The summed E-state index contributed by atoms with van der Waals surface area (Å²) in [6.45, 7) is 0.840. The molecule has 0 amide bonds. The summed E-state index contributed by atoms with van der Waals surface area (Å²) in [5.41, 5.74) is 0.403. The number of hydrogen-bond acceptors (Lipinski definition) is 2. The third kappa shape index (κ3) is 4.38. The van der Waals surface area contributed by atoms with Crippen LogP contribution in [0.5, 0.6) is 5.75 Å². The molecule has 0 radical (unpaired) electrons. The minimum absolute atomic E-state index is 0.165. The van der Waals surface area contributed by atoms with Gasteiger partial charge in [0.05, 0.1) is 0 Å². The summed E-state index contributed by atoms with van der Waals surface area (Å²) in [5.74, 6) is 0.0769. The van der Waals surface area contributed by atoms with E-state index >= 15 is 0 Å². The van der Waals surface area contributed by atoms with E-state index < -0.39 is 17.6 Å². The molecule has 0 bridgehead atoms. The number of rotatable bonds is 4. The molecule has 0 aliphatic rings. The highest BCUT2D eigenvalue weighted by molar-refractivity contribution is 9.09. The predicted molar refractivity (Wildman–Crippen MR) is 60.7 cm³/mol. The number of halogens is 4. The van der Waals surface area contributed by atoms with Crippen LogP contribution in [0.1, 0.15) is 17.3 Å². The predicted octanol–water partition coefficient (Wildman–Crippen LogP) is 3.59. The Kier molecular flexibility index (Phi) is 4.56. The second kappa shape index (κ2) is 5.53. The van der Waals surface area contributed by atoms with E-state index in [-0.39, 0.29) is 11.5 Å². The van der Waals surface area contributed by atoms with Gasteiger partial charge in [0.25, 0.3) is 0 Å². The molecule has 0 aromatic heterocycles. The summed E-state index contributed by atoms with van der Waals surface area (Å²) in [4.78, 5) is 9.32. The Morgan fingerprint density at radius 2 is 2.12 bits per heavy atom. The Labute approximate surface area is 105 Å². The maximum absolute atomic E-state index is 12.2. The van der Waals surface area contributed by atoms with Gasteiger partial charge < -0.3 is 4.74 Å². The Balaban J connectivity index is 2.64. The first-order valence-electron chi connectivity index (χ1n) is 4.75. The van der Waals surface area contributed by atoms with Crippen LogP contribution in [0.15, 0.2) is 24.3 Å². The zero-order chi connectivity index (χ0) is 13.1. The second-order valence-corrected chi connectivity index (χ2v) is 4.51. The summed E-state index contributed by atoms with van der Waals surface area (Å²) in [7, 11) is 0. The largest absolute Gasteiger partial charge is 0.492 e. The zero-order valence-electron chi connectivity index (χ0n) is 8.92. The van der Waals surface area contributed by atoms with E-state index in [2.05, 4.69) is 15.9 Å². The van der Waals surface area contributed by atoms with E-state index in [0.717, 1.165) is 0 Å². The summed E-state index contributed by atoms with van der Waals surface area (Å²) in [6, 6.07) is 6.05. The lowest BCUT2D eigenvalue weighted by Crippen LogP contribution is -2.28. The smallest absolute Gasteiger partial charge is 0.404 e. The standard InChI is InChI=1S/C11H10BrF3O2/c1-7(16)8-3-2-4-9(5-8)17-6-10(12)11(13,14)15/h2-5,10H,6H2,1H3. The lowest BCUT2D eigenvalue weighted by molar-refractivity contribution is -0.132. The quantitative estimate of drug-likeness (QED) is 0.627. The molecule has 0 saturated carbocycles. The molecule has 0 saturated heterocycles. The molecule has 0 N–H and O–H groups in total. The van der Waals surface area contributed by atoms with Gasteiger partial charge in [0.2, 0.25) is 0 Å². The molecular weight excluding hydrogens is 301 g/mol. The first-order valence-corrected chi connectivity index (χ1v) is 5.67. The van der Waals surface area contributed by atoms with Crippen molar-refractivity contribution >= 4 is 21.7 Å². The van der Waals surface area contributed by atoms with Gasteiger partial charge in [0.1, 0.15) is 17.2 Å². The Bertz CT molecular complexity index is 404. The molecule has 1 atom stereocenters. The van der Waals surface area contributed by atoms with Crippen molar-refractivity contribution in [2.24, 2.45) is 0 Å². The maximum Gasteiger partial charge on any atom is 0.404 e. The number of Topliss-reactive ketones (excluding diaryl/α,β-unsaturated/α-hetero) is 1. The van der Waals surface area contributed by atoms with E-state index in [1.165, 1.54) is 19.1 Å². The van der Waals surface area contributed by atoms with Gasteiger partial charge in [-0.25, -0.2) is 0 Å². The lowest BCUT2D eigenvalue weighted by Gasteiger charge is -2.15. The summed E-state index contributed by atoms with van der Waals surface area (Å²) in [6.07, 6.45) is -4.35. The molecule has 17 heavy (non-hydrogen) atoms. The van der Waals surface area contributed by atoms with Crippen molar-refractivity contribution in [1.82, 2.24) is 0 Å². The molecule has 2 nitrogen and oxygen atoms in total. The maximum atomic E-state index is 12.2. The molecule has 1 unspecified atom stereocenters. The van der Waals surface area contributed by atoms with Crippen LogP contribution >= 0.6 is 15.9 Å². The van der Waals surface area contributed by atoms with Crippen LogP contribution in [-0.2, 0) is 0 Å². The fourth-order valence-electron chi connectivity index (χ4n) is 1.07. The minimum atomic E-state index is -4.35. The average molecular weight is 311 g/mol. The molecule has 0 fully saturated rings. The van der Waals surface area contributed by atoms with Gasteiger partial charge in [0, 0.05) is 5.56 Å². The van der Waals surface area contributed by atoms with Crippen LogP contribution in [0, 0.1) is 0 Å². The van der Waals surface area contributed by atoms with Crippen molar-refractivity contribution < 1.29 is 22.7 Å². The van der Waals surface area contributed by atoms with Gasteiger partial charge in [-0.1, -0.05) is 28.1 Å². The second-order valence-electron chi connectivity index (χ2n) is 3.40. The molecular formula is C11H10BrF3O2. The highest BCUT2D eigenvalue weighted by Crippen LogP contribution is 2.27. The molecule has 1 rings (SSSR count). The Hall–Kier alpha value is -1.04. The molecule has 1 aromatic rings. The van der Waals surface area contributed by atoms with Crippen molar-refractivity contribution in [3.8, 4) is 5.75 Å². The summed E-state index contributed by atoms with van der Waals surface area (Å²) < 4.78 is 41.5. The monoisotopic (exact) mass is 310 g/mol. The molecule has 0 aliphatic heterocycles. The molecule has 6 heteroatoms. The van der Waals surface area contributed by atoms with Crippen molar-refractivity contribution in [3.05, 3.63) is 29.8 Å². The summed E-state index contributed by atoms with van der Waals surface area (Å²) >= 11 is 2.49. The van der Waals surface area contributed by atoms with Gasteiger partial charge in [-0.05, 0) is 19.1 Å². The number of carbonyl (C=O) groups is 1. The van der Waals surface area contributed by atoms with Crippen LogP contribution in [0.3, 0.4) is 0 Å². The van der Waals surface area contributed by atoms with Crippen LogP contribution in [0.2, 0.25) is 0 Å². The topological polar surface area (TPSA) is 26.3 Å². The number of hydrogen-bond donors (Lipinski definition) is 0. The fourth-order valence-corrected chi connectivity index (χ4v) is 1.20. The van der Waals surface area contributed by atoms with Gasteiger partial charge in [-0.15, -0.1) is 0 Å². The first-order chi connectivity index (χ1) is 7.80. The number of alkyl halides is 4. The van der Waals surface area contributed by atoms with Crippen molar-refractivity contribution in [1.29, 1.82) is 0 Å². The van der Waals surface area contributed by atoms with Crippen LogP contribution in [0.25, 0.3) is 0 Å². The zero-order valence-corrected chi connectivity index (χ0v) is 10.5. The lowest BCUT2D eigenvalue weighted by atomic mass is 10.1. The first kappa shape index (κ1) is 14.0. The Morgan fingerprint density at radius 1 is 1.47 bits per heavy atom. The van der Waals surface area contributed by atoms with Gasteiger partial charge in [-0.2, -0.15) is 13.2 Å². The van der Waals surface area contributed by atoms with Gasteiger partial charge in [0.15, 0.2) is 5.78 Å². The van der Waals surface area contributed by atoms with E-state index in [1.54, 1.807) is 12.1 Å². The van der Waals surface area contributed by atoms with Gasteiger partial charge in [-0.3, -0.25) is 4.79 Å². The van der Waals surface area contributed by atoms with Gasteiger partial charge >= 0.3 is 6.18 Å². The fraction of sp³-hybridized carbons (Fsp3) is 0.364. The molecule has 94 valence electrons. The normalized spacial score (nSPS) is 13.2. The molecule has 0 aliphatic carbocycles.